The second-order valence-electron chi connectivity index (χ2n) is 5.89. The van der Waals surface area contributed by atoms with Crippen molar-refractivity contribution in [2.45, 2.75) is 13.0 Å². The van der Waals surface area contributed by atoms with Gasteiger partial charge in [0.2, 0.25) is 0 Å². The lowest BCUT2D eigenvalue weighted by atomic mass is 10.1. The normalized spacial score (nSPS) is 13.7. The highest BCUT2D eigenvalue weighted by molar-refractivity contribution is 5.85. The van der Waals surface area contributed by atoms with Crippen molar-refractivity contribution in [1.82, 2.24) is 9.88 Å². The highest BCUT2D eigenvalue weighted by atomic mass is 35.5. The van der Waals surface area contributed by atoms with E-state index >= 15 is 0 Å². The third-order valence-electron chi connectivity index (χ3n) is 4.22. The van der Waals surface area contributed by atoms with Crippen molar-refractivity contribution >= 4 is 23.3 Å². The summed E-state index contributed by atoms with van der Waals surface area (Å²) in [6.45, 7) is 4.28. The number of ether oxygens (including phenoxy) is 1. The van der Waals surface area contributed by atoms with Crippen molar-refractivity contribution < 1.29 is 4.74 Å². The van der Waals surface area contributed by atoms with Crippen LogP contribution < -0.4 is 4.74 Å². The number of aromatic nitrogens is 1. The largest absolute Gasteiger partial charge is 0.489 e. The average molecular weight is 329 g/mol. The van der Waals surface area contributed by atoms with Crippen LogP contribution in [0.5, 0.6) is 5.75 Å². The summed E-state index contributed by atoms with van der Waals surface area (Å²) in [4.78, 5) is 5.81. The fraction of sp³-hybridized carbons (Fsp3) is 0.263. The quantitative estimate of drug-likeness (QED) is 0.692. The summed E-state index contributed by atoms with van der Waals surface area (Å²) in [6.07, 6.45) is 3.23. The highest BCUT2D eigenvalue weighted by Gasteiger charge is 2.17. The van der Waals surface area contributed by atoms with Crippen molar-refractivity contribution in [3.8, 4) is 5.75 Å². The molecular weight excluding hydrogens is 308 g/mol. The standard InChI is InChI=1S/C19H20N2O.ClH/c1-2-4-15(5-3-1)14-22-17-6-7-19-18(12-17)16(13-20-19)8-9-21-10-11-21;/h1-7,12-13,20H,8-11,14H2;1H. The molecule has 1 fully saturated rings. The molecule has 0 spiro atoms. The third kappa shape index (κ3) is 3.87. The number of fused-ring (bicyclic) bond motifs is 1. The maximum Gasteiger partial charge on any atom is 0.120 e. The summed E-state index contributed by atoms with van der Waals surface area (Å²) in [5.74, 6) is 0.934. The van der Waals surface area contributed by atoms with Gasteiger partial charge in [-0.25, -0.2) is 0 Å². The van der Waals surface area contributed by atoms with Crippen molar-refractivity contribution in [3.05, 3.63) is 65.9 Å². The lowest BCUT2D eigenvalue weighted by Crippen LogP contribution is -2.02. The number of benzene rings is 2. The molecule has 2 heterocycles. The zero-order valence-corrected chi connectivity index (χ0v) is 13.8. The zero-order chi connectivity index (χ0) is 14.8. The summed E-state index contributed by atoms with van der Waals surface area (Å²) in [5, 5.41) is 1.28. The van der Waals surface area contributed by atoms with Gasteiger partial charge in [0, 0.05) is 36.7 Å². The van der Waals surface area contributed by atoms with E-state index in [1.807, 2.05) is 24.3 Å². The molecule has 23 heavy (non-hydrogen) atoms. The molecule has 1 aliphatic heterocycles. The van der Waals surface area contributed by atoms with E-state index in [0.29, 0.717) is 6.61 Å². The Balaban J connectivity index is 0.00000156. The molecule has 0 amide bonds. The minimum atomic E-state index is 0. The summed E-state index contributed by atoms with van der Waals surface area (Å²) in [5.41, 5.74) is 3.76. The monoisotopic (exact) mass is 328 g/mol. The fourth-order valence-corrected chi connectivity index (χ4v) is 2.77. The minimum absolute atomic E-state index is 0. The average Bonchev–Trinajstić information content (AvgIpc) is 3.31. The molecule has 0 atom stereocenters. The van der Waals surface area contributed by atoms with Crippen LogP contribution in [0.15, 0.2) is 54.7 Å². The molecule has 3 nitrogen and oxygen atoms in total. The van der Waals surface area contributed by atoms with Gasteiger partial charge in [-0.2, -0.15) is 0 Å². The van der Waals surface area contributed by atoms with Crippen LogP contribution in [0.2, 0.25) is 0 Å². The molecule has 4 rings (SSSR count). The van der Waals surface area contributed by atoms with Crippen LogP contribution in [0.25, 0.3) is 10.9 Å². The maximum atomic E-state index is 5.94. The number of hydrogen-bond donors (Lipinski definition) is 1. The zero-order valence-electron chi connectivity index (χ0n) is 13.0. The fourth-order valence-electron chi connectivity index (χ4n) is 2.77. The van der Waals surface area contributed by atoms with Crippen LogP contribution in [0.4, 0.5) is 0 Å². The molecule has 0 radical (unpaired) electrons. The molecule has 120 valence electrons. The maximum absolute atomic E-state index is 5.94. The summed E-state index contributed by atoms with van der Waals surface area (Å²) >= 11 is 0. The molecule has 0 aliphatic carbocycles. The molecule has 0 saturated carbocycles. The molecule has 1 aromatic heterocycles. The molecule has 1 N–H and O–H groups in total. The van der Waals surface area contributed by atoms with Gasteiger partial charge in [0.15, 0.2) is 0 Å². The second-order valence-corrected chi connectivity index (χ2v) is 5.89. The summed E-state index contributed by atoms with van der Waals surface area (Å²) < 4.78 is 5.94. The number of nitrogens with zero attached hydrogens (tertiary/aromatic N) is 1. The molecule has 2 aromatic carbocycles. The summed E-state index contributed by atoms with van der Waals surface area (Å²) in [6, 6.07) is 16.6. The molecule has 1 aliphatic rings. The second kappa shape index (κ2) is 7.07. The van der Waals surface area contributed by atoms with Gasteiger partial charge in [0.05, 0.1) is 0 Å². The Morgan fingerprint density at radius 1 is 1.04 bits per heavy atom. The molecule has 4 heteroatoms. The Morgan fingerprint density at radius 3 is 2.65 bits per heavy atom. The number of hydrogen-bond acceptors (Lipinski definition) is 2. The highest BCUT2D eigenvalue weighted by Crippen LogP contribution is 2.25. The van der Waals surface area contributed by atoms with Crippen LogP contribution in [0, 0.1) is 0 Å². The Labute approximate surface area is 142 Å². The first-order valence-electron chi connectivity index (χ1n) is 7.87. The van der Waals surface area contributed by atoms with Crippen molar-refractivity contribution in [3.63, 3.8) is 0 Å². The van der Waals surface area contributed by atoms with Gasteiger partial charge in [-0.15, -0.1) is 12.4 Å². The SMILES string of the molecule is Cl.c1ccc(COc2ccc3[nH]cc(CCN4CC4)c3c2)cc1. The van der Waals surface area contributed by atoms with Crippen LogP contribution >= 0.6 is 12.4 Å². The van der Waals surface area contributed by atoms with Crippen LogP contribution in [0.3, 0.4) is 0 Å². The first kappa shape index (κ1) is 15.9. The molecule has 1 saturated heterocycles. The van der Waals surface area contributed by atoms with Gasteiger partial charge >= 0.3 is 0 Å². The van der Waals surface area contributed by atoms with E-state index in [1.165, 1.54) is 35.1 Å². The van der Waals surface area contributed by atoms with Crippen LogP contribution in [-0.4, -0.2) is 29.5 Å². The molecule has 0 bridgehead atoms. The van der Waals surface area contributed by atoms with Gasteiger partial charge in [0.25, 0.3) is 0 Å². The Morgan fingerprint density at radius 2 is 1.87 bits per heavy atom. The van der Waals surface area contributed by atoms with Crippen molar-refractivity contribution in [2.24, 2.45) is 0 Å². The van der Waals surface area contributed by atoms with E-state index in [2.05, 4.69) is 40.3 Å². The van der Waals surface area contributed by atoms with Gasteiger partial charge in [-0.3, -0.25) is 0 Å². The number of nitrogens with one attached hydrogen (secondary N) is 1. The molecule has 3 aromatic rings. The lowest BCUT2D eigenvalue weighted by Gasteiger charge is -2.07. The van der Waals surface area contributed by atoms with E-state index in [1.54, 1.807) is 0 Å². The van der Waals surface area contributed by atoms with Gasteiger partial charge < -0.3 is 14.6 Å². The minimum Gasteiger partial charge on any atom is -0.489 e. The predicted octanol–water partition coefficient (Wildman–Crippen LogP) is 4.03. The first-order valence-corrected chi connectivity index (χ1v) is 7.87. The number of rotatable bonds is 6. The third-order valence-corrected chi connectivity index (χ3v) is 4.22. The molecule has 0 unspecified atom stereocenters. The van der Waals surface area contributed by atoms with E-state index in [9.17, 15) is 0 Å². The van der Waals surface area contributed by atoms with E-state index in [4.69, 9.17) is 4.74 Å². The smallest absolute Gasteiger partial charge is 0.120 e. The van der Waals surface area contributed by atoms with Crippen LogP contribution in [-0.2, 0) is 13.0 Å². The van der Waals surface area contributed by atoms with Crippen LogP contribution in [0.1, 0.15) is 11.1 Å². The van der Waals surface area contributed by atoms with Crippen molar-refractivity contribution in [1.29, 1.82) is 0 Å². The Hall–Kier alpha value is -1.97. The number of aromatic amines is 1. The van der Waals surface area contributed by atoms with Gasteiger partial charge in [-0.05, 0) is 35.7 Å². The van der Waals surface area contributed by atoms with Crippen molar-refractivity contribution in [2.75, 3.05) is 19.6 Å². The predicted molar refractivity (Wildman–Crippen MR) is 96.5 cm³/mol. The molecular formula is C19H21ClN2O. The van der Waals surface area contributed by atoms with Gasteiger partial charge in [-0.1, -0.05) is 30.3 Å². The van der Waals surface area contributed by atoms with E-state index < -0.39 is 0 Å². The topological polar surface area (TPSA) is 28.0 Å². The number of halogens is 1. The van der Waals surface area contributed by atoms with Gasteiger partial charge in [0.1, 0.15) is 12.4 Å². The lowest BCUT2D eigenvalue weighted by molar-refractivity contribution is 0.306. The Bertz CT molecular complexity index is 765. The van der Waals surface area contributed by atoms with E-state index in [0.717, 1.165) is 18.7 Å². The van der Waals surface area contributed by atoms with E-state index in [-0.39, 0.29) is 12.4 Å². The summed E-state index contributed by atoms with van der Waals surface area (Å²) in [7, 11) is 0. The Kier molecular flexibility index (Phi) is 4.89. The first-order chi connectivity index (χ1) is 10.9. The number of H-pyrrole nitrogens is 1.